The van der Waals surface area contributed by atoms with Crippen LogP contribution < -0.4 is 5.32 Å². The first-order valence-corrected chi connectivity index (χ1v) is 9.00. The van der Waals surface area contributed by atoms with Crippen LogP contribution in [0.25, 0.3) is 0 Å². The molecule has 120 valence electrons. The largest absolute Gasteiger partial charge is 0.377 e. The molecule has 1 N–H and O–H groups in total. The Hall–Kier alpha value is -1.05. The molecule has 0 saturated carbocycles. The monoisotopic (exact) mass is 336 g/mol. The molecular formula is C13H21ClN2O4S. The van der Waals surface area contributed by atoms with Crippen molar-refractivity contribution in [2.24, 2.45) is 0 Å². The Balaban J connectivity index is 2.85. The molecule has 0 saturated heterocycles. The van der Waals surface area contributed by atoms with Crippen LogP contribution in [-0.4, -0.2) is 38.1 Å². The highest BCUT2D eigenvalue weighted by Gasteiger charge is 2.21. The highest BCUT2D eigenvalue weighted by atomic mass is 35.7. The molecule has 0 aliphatic carbocycles. The number of ether oxygens (including phenoxy) is 1. The Labute approximate surface area is 129 Å². The molecule has 8 heteroatoms. The van der Waals surface area contributed by atoms with E-state index in [1.807, 2.05) is 27.7 Å². The van der Waals surface area contributed by atoms with Crippen molar-refractivity contribution in [2.45, 2.75) is 44.7 Å². The fraction of sp³-hybridized carbons (Fsp3) is 0.615. The molecule has 1 rings (SSSR count). The average molecular weight is 337 g/mol. The molecule has 0 aliphatic heterocycles. The molecule has 1 amide bonds. The third-order valence-electron chi connectivity index (χ3n) is 2.73. The average Bonchev–Trinajstić information content (AvgIpc) is 2.79. The van der Waals surface area contributed by atoms with Gasteiger partial charge in [0.05, 0.1) is 12.7 Å². The third-order valence-corrected chi connectivity index (χ3v) is 4.05. The third kappa shape index (κ3) is 5.33. The normalized spacial score (nSPS) is 12.1. The van der Waals surface area contributed by atoms with Gasteiger partial charge in [-0.1, -0.05) is 0 Å². The Morgan fingerprint density at radius 3 is 2.48 bits per heavy atom. The fourth-order valence-corrected chi connectivity index (χ4v) is 2.49. The van der Waals surface area contributed by atoms with Crippen LogP contribution in [0.3, 0.4) is 0 Å². The molecular weight excluding hydrogens is 316 g/mol. The molecule has 21 heavy (non-hydrogen) atoms. The summed E-state index contributed by atoms with van der Waals surface area (Å²) in [6.07, 6.45) is 1.46. The number of carbonyl (C=O) groups excluding carboxylic acids is 1. The quantitative estimate of drug-likeness (QED) is 0.611. The van der Waals surface area contributed by atoms with Crippen LogP contribution in [0.5, 0.6) is 0 Å². The van der Waals surface area contributed by atoms with E-state index >= 15 is 0 Å². The number of rotatable bonds is 7. The number of carbonyl (C=O) groups is 1. The maximum atomic E-state index is 12.1. The zero-order chi connectivity index (χ0) is 16.2. The minimum Gasteiger partial charge on any atom is -0.377 e. The number of halogens is 1. The summed E-state index contributed by atoms with van der Waals surface area (Å²) in [6.45, 7) is 8.26. The summed E-state index contributed by atoms with van der Waals surface area (Å²) in [7, 11) is 1.46. The Morgan fingerprint density at radius 2 is 2.00 bits per heavy atom. The van der Waals surface area contributed by atoms with Crippen molar-refractivity contribution < 1.29 is 17.9 Å². The van der Waals surface area contributed by atoms with E-state index in [0.717, 1.165) is 0 Å². The topological polar surface area (TPSA) is 77.4 Å². The van der Waals surface area contributed by atoms with Gasteiger partial charge in [0.1, 0.15) is 10.6 Å². The van der Waals surface area contributed by atoms with Crippen molar-refractivity contribution in [2.75, 3.05) is 13.2 Å². The molecule has 0 fully saturated rings. The lowest BCUT2D eigenvalue weighted by Crippen LogP contribution is -2.30. The van der Waals surface area contributed by atoms with Crippen LogP contribution in [-0.2, 0) is 13.8 Å². The summed E-state index contributed by atoms with van der Waals surface area (Å²) in [5, 5.41) is 2.69. The molecule has 0 aromatic carbocycles. The van der Waals surface area contributed by atoms with Crippen molar-refractivity contribution in [1.82, 2.24) is 9.88 Å². The number of hydrogen-bond donors (Lipinski definition) is 1. The molecule has 0 aliphatic rings. The minimum atomic E-state index is -3.86. The first-order valence-electron chi connectivity index (χ1n) is 6.69. The van der Waals surface area contributed by atoms with Gasteiger partial charge in [0.15, 0.2) is 0 Å². The summed E-state index contributed by atoms with van der Waals surface area (Å²) in [5.41, 5.74) is 0.258. The summed E-state index contributed by atoms with van der Waals surface area (Å²) >= 11 is 0. The molecule has 1 aromatic rings. The second-order valence-electron chi connectivity index (χ2n) is 5.18. The van der Waals surface area contributed by atoms with Gasteiger partial charge in [-0.2, -0.15) is 0 Å². The van der Waals surface area contributed by atoms with E-state index in [9.17, 15) is 13.2 Å². The molecule has 0 unspecified atom stereocenters. The van der Waals surface area contributed by atoms with E-state index in [2.05, 4.69) is 5.32 Å². The van der Waals surface area contributed by atoms with Gasteiger partial charge in [0.25, 0.3) is 15.0 Å². The predicted molar refractivity (Wildman–Crippen MR) is 81.3 cm³/mol. The summed E-state index contributed by atoms with van der Waals surface area (Å²) in [4.78, 5) is 12.0. The van der Waals surface area contributed by atoms with Crippen molar-refractivity contribution in [3.8, 4) is 0 Å². The summed E-state index contributed by atoms with van der Waals surface area (Å²) < 4.78 is 29.7. The van der Waals surface area contributed by atoms with Crippen molar-refractivity contribution in [1.29, 1.82) is 0 Å². The van der Waals surface area contributed by atoms with E-state index in [1.54, 1.807) is 4.57 Å². The van der Waals surface area contributed by atoms with Crippen molar-refractivity contribution in [3.63, 3.8) is 0 Å². The molecule has 0 radical (unpaired) electrons. The van der Waals surface area contributed by atoms with Crippen LogP contribution in [0.1, 0.15) is 44.2 Å². The molecule has 0 spiro atoms. The van der Waals surface area contributed by atoms with Gasteiger partial charge in [-0.25, -0.2) is 8.42 Å². The highest BCUT2D eigenvalue weighted by molar-refractivity contribution is 8.13. The highest BCUT2D eigenvalue weighted by Crippen LogP contribution is 2.21. The lowest BCUT2D eigenvalue weighted by atomic mass is 10.3. The number of nitrogens with zero attached hydrogens (tertiary/aromatic N) is 1. The standard InChI is InChI=1S/C13H21ClN2O4S/c1-9(2)16-8-11(21(14,18)19)7-12(16)13(17)15-5-6-20-10(3)4/h7-10H,5-6H2,1-4H3,(H,15,17). The van der Waals surface area contributed by atoms with E-state index in [1.165, 1.54) is 12.3 Å². The van der Waals surface area contributed by atoms with Gasteiger partial charge in [0, 0.05) is 29.5 Å². The molecule has 1 heterocycles. The molecule has 0 atom stereocenters. The van der Waals surface area contributed by atoms with Gasteiger partial charge in [-0.15, -0.1) is 0 Å². The number of nitrogens with one attached hydrogen (secondary N) is 1. The maximum absolute atomic E-state index is 12.1. The van der Waals surface area contributed by atoms with Crippen molar-refractivity contribution in [3.05, 3.63) is 18.0 Å². The second kappa shape index (κ2) is 7.29. The predicted octanol–water partition coefficient (Wildman–Crippen LogP) is 2.15. The molecule has 0 bridgehead atoms. The minimum absolute atomic E-state index is 0.0650. The summed E-state index contributed by atoms with van der Waals surface area (Å²) in [5.74, 6) is -0.359. The van der Waals surface area contributed by atoms with E-state index in [0.29, 0.717) is 13.2 Å². The Kier molecular flexibility index (Phi) is 6.24. The van der Waals surface area contributed by atoms with Crippen LogP contribution in [0, 0.1) is 0 Å². The van der Waals surface area contributed by atoms with Crippen LogP contribution in [0.4, 0.5) is 0 Å². The number of aromatic nitrogens is 1. The SMILES string of the molecule is CC(C)OCCNC(=O)c1cc(S(=O)(=O)Cl)cn1C(C)C. The smallest absolute Gasteiger partial charge is 0.268 e. The maximum Gasteiger partial charge on any atom is 0.268 e. The number of amides is 1. The lowest BCUT2D eigenvalue weighted by Gasteiger charge is -2.13. The van der Waals surface area contributed by atoms with Crippen LogP contribution in [0.15, 0.2) is 17.2 Å². The zero-order valence-electron chi connectivity index (χ0n) is 12.6. The van der Waals surface area contributed by atoms with Gasteiger partial charge in [0.2, 0.25) is 0 Å². The van der Waals surface area contributed by atoms with E-state index in [-0.39, 0.29) is 28.6 Å². The second-order valence-corrected chi connectivity index (χ2v) is 7.74. The van der Waals surface area contributed by atoms with E-state index < -0.39 is 9.05 Å². The van der Waals surface area contributed by atoms with E-state index in [4.69, 9.17) is 15.4 Å². The van der Waals surface area contributed by atoms with Gasteiger partial charge in [-0.3, -0.25) is 4.79 Å². The first kappa shape index (κ1) is 18.0. The summed E-state index contributed by atoms with van der Waals surface area (Å²) in [6, 6.07) is 1.21. The van der Waals surface area contributed by atoms with Gasteiger partial charge in [-0.05, 0) is 33.8 Å². The van der Waals surface area contributed by atoms with Crippen molar-refractivity contribution >= 4 is 25.6 Å². The Morgan fingerprint density at radius 1 is 1.38 bits per heavy atom. The van der Waals surface area contributed by atoms with Gasteiger partial charge < -0.3 is 14.6 Å². The Bertz CT molecular complexity index is 593. The lowest BCUT2D eigenvalue weighted by molar-refractivity contribution is 0.0743. The van der Waals surface area contributed by atoms with Gasteiger partial charge >= 0.3 is 0 Å². The molecule has 1 aromatic heterocycles. The zero-order valence-corrected chi connectivity index (χ0v) is 14.2. The van der Waals surface area contributed by atoms with Crippen LogP contribution in [0.2, 0.25) is 0 Å². The first-order chi connectivity index (χ1) is 9.62. The van der Waals surface area contributed by atoms with Crippen LogP contribution >= 0.6 is 10.7 Å². The number of hydrogen-bond acceptors (Lipinski definition) is 4. The molecule has 6 nitrogen and oxygen atoms in total. The fourth-order valence-electron chi connectivity index (χ4n) is 1.75.